The summed E-state index contributed by atoms with van der Waals surface area (Å²) < 4.78 is 16.9. The molecule has 42 heavy (non-hydrogen) atoms. The molecule has 7 nitrogen and oxygen atoms in total. The van der Waals surface area contributed by atoms with Crippen molar-refractivity contribution in [3.63, 3.8) is 0 Å². The zero-order chi connectivity index (χ0) is 28.7. The fourth-order valence-electron chi connectivity index (χ4n) is 5.52. The maximum atomic E-state index is 13.5. The van der Waals surface area contributed by atoms with Crippen LogP contribution in [-0.2, 0) is 24.3 Å². The average Bonchev–Trinajstić information content (AvgIpc) is 3.63. The van der Waals surface area contributed by atoms with Gasteiger partial charge < -0.3 is 24.8 Å². The molecule has 0 bridgehead atoms. The maximum Gasteiger partial charge on any atom is 0.237 e. The van der Waals surface area contributed by atoms with E-state index < -0.39 is 0 Å². The Bertz CT molecular complexity index is 1520. The van der Waals surface area contributed by atoms with Crippen LogP contribution >= 0.6 is 11.6 Å². The van der Waals surface area contributed by atoms with E-state index in [4.69, 9.17) is 25.8 Å². The predicted octanol–water partition coefficient (Wildman–Crippen LogP) is 5.95. The number of carbonyl (C=O) groups is 1. The molecule has 4 aromatic rings. The maximum absolute atomic E-state index is 13.5. The Morgan fingerprint density at radius 3 is 2.55 bits per heavy atom. The number of fused-ring (bicyclic) bond motifs is 1. The minimum atomic E-state index is -0.244. The number of carbonyl (C=O) groups excluding carboxylic acids is 1. The molecule has 2 aliphatic heterocycles. The van der Waals surface area contributed by atoms with Crippen molar-refractivity contribution >= 4 is 17.5 Å². The highest BCUT2D eigenvalue weighted by Gasteiger charge is 2.36. The third-order valence-electron chi connectivity index (χ3n) is 7.60. The number of rotatable bonds is 11. The highest BCUT2D eigenvalue weighted by atomic mass is 35.5. The van der Waals surface area contributed by atoms with Crippen molar-refractivity contribution in [2.75, 3.05) is 19.9 Å². The molecule has 1 amide bonds. The summed E-state index contributed by atoms with van der Waals surface area (Å²) in [6, 6.07) is 31.6. The van der Waals surface area contributed by atoms with E-state index in [1.165, 1.54) is 0 Å². The van der Waals surface area contributed by atoms with Gasteiger partial charge in [0.1, 0.15) is 11.5 Å². The zero-order valence-electron chi connectivity index (χ0n) is 23.3. The summed E-state index contributed by atoms with van der Waals surface area (Å²) in [6.07, 6.45) is 1.43. The van der Waals surface area contributed by atoms with Crippen molar-refractivity contribution in [1.82, 2.24) is 15.5 Å². The van der Waals surface area contributed by atoms with Gasteiger partial charge in [-0.05, 0) is 78.1 Å². The molecule has 0 unspecified atom stereocenters. The molecule has 4 aromatic carbocycles. The first kappa shape index (κ1) is 28.1. The monoisotopic (exact) mass is 583 g/mol. The van der Waals surface area contributed by atoms with Gasteiger partial charge in [-0.25, -0.2) is 0 Å². The molecule has 1 saturated heterocycles. The van der Waals surface area contributed by atoms with Gasteiger partial charge in [-0.2, -0.15) is 0 Å². The smallest absolute Gasteiger partial charge is 0.237 e. The first-order valence-corrected chi connectivity index (χ1v) is 14.7. The van der Waals surface area contributed by atoms with Gasteiger partial charge in [-0.15, -0.1) is 0 Å². The van der Waals surface area contributed by atoms with Crippen LogP contribution in [0.4, 0.5) is 0 Å². The van der Waals surface area contributed by atoms with Gasteiger partial charge in [0.15, 0.2) is 11.5 Å². The van der Waals surface area contributed by atoms with Crippen LogP contribution in [0.5, 0.6) is 23.0 Å². The molecule has 2 atom stereocenters. The van der Waals surface area contributed by atoms with Crippen LogP contribution in [0.25, 0.3) is 0 Å². The molecule has 1 fully saturated rings. The number of hydrogen-bond donors (Lipinski definition) is 2. The van der Waals surface area contributed by atoms with E-state index in [1.807, 2.05) is 78.9 Å². The first-order valence-electron chi connectivity index (χ1n) is 14.3. The summed E-state index contributed by atoms with van der Waals surface area (Å²) in [7, 11) is 0. The Morgan fingerprint density at radius 1 is 0.857 bits per heavy atom. The van der Waals surface area contributed by atoms with Crippen molar-refractivity contribution in [3.8, 4) is 23.0 Å². The van der Waals surface area contributed by atoms with E-state index in [1.54, 1.807) is 0 Å². The van der Waals surface area contributed by atoms with Crippen molar-refractivity contribution in [2.45, 2.75) is 38.0 Å². The van der Waals surface area contributed by atoms with Crippen LogP contribution in [0, 0.1) is 0 Å². The topological polar surface area (TPSA) is 72.1 Å². The quantitative estimate of drug-likeness (QED) is 0.227. The van der Waals surface area contributed by atoms with Crippen molar-refractivity contribution in [1.29, 1.82) is 0 Å². The van der Waals surface area contributed by atoms with E-state index in [0.717, 1.165) is 52.7 Å². The summed E-state index contributed by atoms with van der Waals surface area (Å²) in [5.41, 5.74) is 3.31. The summed E-state index contributed by atoms with van der Waals surface area (Å²) in [5.74, 6) is 3.17. The minimum absolute atomic E-state index is 0.0420. The van der Waals surface area contributed by atoms with Gasteiger partial charge in [0.25, 0.3) is 0 Å². The summed E-state index contributed by atoms with van der Waals surface area (Å²) in [4.78, 5) is 15.7. The summed E-state index contributed by atoms with van der Waals surface area (Å²) >= 11 is 6.26. The number of hydrogen-bond acceptors (Lipinski definition) is 6. The first-order chi connectivity index (χ1) is 20.6. The number of nitrogens with zero attached hydrogens (tertiary/aromatic N) is 1. The van der Waals surface area contributed by atoms with Crippen molar-refractivity contribution in [2.24, 2.45) is 0 Å². The second-order valence-corrected chi connectivity index (χ2v) is 11.1. The molecule has 0 aromatic heterocycles. The molecule has 2 aliphatic rings. The Kier molecular flexibility index (Phi) is 8.89. The number of para-hydroxylation sites is 1. The Balaban J connectivity index is 1.07. The number of halogens is 1. The van der Waals surface area contributed by atoms with Gasteiger partial charge in [0.05, 0.1) is 6.04 Å². The number of ether oxygens (including phenoxy) is 3. The van der Waals surface area contributed by atoms with Gasteiger partial charge >= 0.3 is 0 Å². The zero-order valence-corrected chi connectivity index (χ0v) is 24.1. The molecule has 8 heteroatoms. The molecule has 6 rings (SSSR count). The number of benzene rings is 4. The molecule has 0 radical (unpaired) electrons. The molecular weight excluding hydrogens is 550 g/mol. The lowest BCUT2D eigenvalue weighted by atomic mass is 10.1. The van der Waals surface area contributed by atoms with Gasteiger partial charge in [-0.1, -0.05) is 60.1 Å². The summed E-state index contributed by atoms with van der Waals surface area (Å²) in [6.45, 7) is 2.89. The second kappa shape index (κ2) is 13.3. The standard InChI is InChI=1S/C34H34ClN3O4/c35-27-8-4-7-26(16-27)21-38-22-28(37-20-25-6-5-11-30(17-25)42-29-9-2-1-3-10-29)19-31(38)34(39)36-15-14-24-12-13-32-33(18-24)41-23-40-32/h1-13,16-18,28,31,37H,14-15,19-23H2,(H,36,39)/t28-,31-/m0/s1. The lowest BCUT2D eigenvalue weighted by Crippen LogP contribution is -2.43. The third-order valence-corrected chi connectivity index (χ3v) is 7.84. The molecule has 216 valence electrons. The minimum Gasteiger partial charge on any atom is -0.457 e. The van der Waals surface area contributed by atoms with E-state index in [9.17, 15) is 4.79 Å². The van der Waals surface area contributed by atoms with Crippen LogP contribution in [0.3, 0.4) is 0 Å². The van der Waals surface area contributed by atoms with Crippen molar-refractivity contribution < 1.29 is 19.0 Å². The van der Waals surface area contributed by atoms with Crippen LogP contribution in [0.1, 0.15) is 23.1 Å². The fourth-order valence-corrected chi connectivity index (χ4v) is 5.73. The lowest BCUT2D eigenvalue weighted by Gasteiger charge is -2.23. The Labute approximate surface area is 251 Å². The fraction of sp³-hybridized carbons (Fsp3) is 0.265. The van der Waals surface area contributed by atoms with E-state index in [2.05, 4.69) is 33.7 Å². The normalized spacial score (nSPS) is 17.7. The van der Waals surface area contributed by atoms with Gasteiger partial charge in [0.2, 0.25) is 12.7 Å². The largest absolute Gasteiger partial charge is 0.457 e. The molecule has 0 saturated carbocycles. The van der Waals surface area contributed by atoms with Crippen LogP contribution in [0.2, 0.25) is 5.02 Å². The highest BCUT2D eigenvalue weighted by Crippen LogP contribution is 2.32. The lowest BCUT2D eigenvalue weighted by molar-refractivity contribution is -0.125. The third kappa shape index (κ3) is 7.23. The van der Waals surface area contributed by atoms with Crippen LogP contribution in [-0.4, -0.2) is 42.8 Å². The van der Waals surface area contributed by atoms with Gasteiger partial charge in [0, 0.05) is 37.2 Å². The number of likely N-dealkylation sites (tertiary alicyclic amines) is 1. The average molecular weight is 584 g/mol. The predicted molar refractivity (Wildman–Crippen MR) is 163 cm³/mol. The van der Waals surface area contributed by atoms with Crippen LogP contribution < -0.4 is 24.8 Å². The highest BCUT2D eigenvalue weighted by molar-refractivity contribution is 6.30. The molecule has 0 spiro atoms. The molecule has 0 aliphatic carbocycles. The molecule has 2 N–H and O–H groups in total. The van der Waals surface area contributed by atoms with E-state index in [-0.39, 0.29) is 24.8 Å². The SMILES string of the molecule is O=C(NCCc1ccc2c(c1)OCO2)[C@@H]1C[C@H](NCc2cccc(Oc3ccccc3)c2)CN1Cc1cccc(Cl)c1. The van der Waals surface area contributed by atoms with E-state index in [0.29, 0.717) is 31.1 Å². The summed E-state index contributed by atoms with van der Waals surface area (Å²) in [5, 5.41) is 7.55. The Hall–Kier alpha value is -4.04. The number of nitrogens with one attached hydrogen (secondary N) is 2. The van der Waals surface area contributed by atoms with E-state index >= 15 is 0 Å². The van der Waals surface area contributed by atoms with Crippen LogP contribution in [0.15, 0.2) is 97.1 Å². The second-order valence-electron chi connectivity index (χ2n) is 10.7. The van der Waals surface area contributed by atoms with Gasteiger partial charge in [-0.3, -0.25) is 9.69 Å². The van der Waals surface area contributed by atoms with Crippen molar-refractivity contribution in [3.05, 3.63) is 119 Å². The molecule has 2 heterocycles. The Morgan fingerprint density at radius 2 is 1.67 bits per heavy atom. The molecular formula is C34H34ClN3O4. The number of amides is 1.